The van der Waals surface area contributed by atoms with Crippen LogP contribution in [0.15, 0.2) is 23.9 Å². The highest BCUT2D eigenvalue weighted by molar-refractivity contribution is 6.35. The van der Waals surface area contributed by atoms with Crippen LogP contribution in [0.5, 0.6) is 5.75 Å². The molecule has 6 nitrogen and oxygen atoms in total. The van der Waals surface area contributed by atoms with Gasteiger partial charge in [-0.15, -0.1) is 0 Å². The maximum Gasteiger partial charge on any atom is 0.277 e. The lowest BCUT2D eigenvalue weighted by atomic mass is 10.2. The summed E-state index contributed by atoms with van der Waals surface area (Å²) in [5, 5.41) is 21.3. The molecule has 20 heavy (non-hydrogen) atoms. The number of nitrogens with zero attached hydrogens (tertiary/aromatic N) is 1. The van der Waals surface area contributed by atoms with Crippen molar-refractivity contribution in [3.63, 3.8) is 0 Å². The molecule has 0 atom stereocenters. The average molecular weight is 297 g/mol. The molecule has 0 saturated heterocycles. The molecule has 0 fully saturated rings. The summed E-state index contributed by atoms with van der Waals surface area (Å²) in [6, 6.07) is 3.24. The summed E-state index contributed by atoms with van der Waals surface area (Å²) in [6.45, 7) is 1.33. The maximum atomic E-state index is 11.9. The van der Waals surface area contributed by atoms with E-state index in [1.807, 2.05) is 0 Å². The number of carbonyl (C=O) groups is 2. The Bertz CT molecular complexity index is 613. The quantitative estimate of drug-likeness (QED) is 0.722. The van der Waals surface area contributed by atoms with Crippen LogP contribution in [0.25, 0.3) is 0 Å². The summed E-state index contributed by atoms with van der Waals surface area (Å²) in [4.78, 5) is 24.4. The van der Waals surface area contributed by atoms with Crippen molar-refractivity contribution in [2.45, 2.75) is 6.92 Å². The summed E-state index contributed by atoms with van der Waals surface area (Å²) in [5.41, 5.74) is 0.979. The van der Waals surface area contributed by atoms with Crippen LogP contribution in [0.2, 0.25) is 5.02 Å². The zero-order valence-electron chi connectivity index (χ0n) is 10.7. The molecule has 0 aliphatic carbocycles. The van der Waals surface area contributed by atoms with E-state index >= 15 is 0 Å². The molecule has 1 aromatic rings. The van der Waals surface area contributed by atoms with Crippen molar-refractivity contribution in [3.05, 3.63) is 34.5 Å². The normalized spacial score (nSPS) is 14.8. The highest BCUT2D eigenvalue weighted by Gasteiger charge is 2.31. The zero-order valence-corrected chi connectivity index (χ0v) is 11.4. The number of aryl methyl sites for hydroxylation is 1. The van der Waals surface area contributed by atoms with Crippen LogP contribution in [-0.2, 0) is 9.59 Å². The number of anilines is 1. The van der Waals surface area contributed by atoms with E-state index in [-0.39, 0.29) is 29.6 Å². The Morgan fingerprint density at radius 3 is 2.70 bits per heavy atom. The number of halogens is 1. The number of β-amino-alcohol motifs (C(OH)–C–C–N with tert-alkyl or cyclic N) is 1. The summed E-state index contributed by atoms with van der Waals surface area (Å²) in [7, 11) is 0. The number of amides is 2. The Morgan fingerprint density at radius 1 is 1.35 bits per heavy atom. The van der Waals surface area contributed by atoms with Crippen LogP contribution in [0.1, 0.15) is 5.56 Å². The molecule has 1 aliphatic heterocycles. The molecule has 0 spiro atoms. The van der Waals surface area contributed by atoms with E-state index in [1.54, 1.807) is 19.1 Å². The van der Waals surface area contributed by atoms with Gasteiger partial charge in [-0.25, -0.2) is 0 Å². The smallest absolute Gasteiger partial charge is 0.277 e. The summed E-state index contributed by atoms with van der Waals surface area (Å²) < 4.78 is 0. The van der Waals surface area contributed by atoms with Crippen molar-refractivity contribution in [1.82, 2.24) is 4.90 Å². The van der Waals surface area contributed by atoms with Crippen LogP contribution in [0.4, 0.5) is 5.69 Å². The number of phenolic OH excluding ortho intramolecular Hbond substituents is 1. The molecule has 7 heteroatoms. The molecule has 1 aromatic carbocycles. The minimum absolute atomic E-state index is 0.0496. The van der Waals surface area contributed by atoms with Crippen molar-refractivity contribution in [2.75, 3.05) is 18.5 Å². The van der Waals surface area contributed by atoms with Gasteiger partial charge >= 0.3 is 0 Å². The average Bonchev–Trinajstić information content (AvgIpc) is 2.67. The zero-order chi connectivity index (χ0) is 14.9. The van der Waals surface area contributed by atoms with E-state index < -0.39 is 11.8 Å². The van der Waals surface area contributed by atoms with Gasteiger partial charge < -0.3 is 15.5 Å². The highest BCUT2D eigenvalue weighted by Crippen LogP contribution is 2.35. The fraction of sp³-hybridized carbons (Fsp3) is 0.231. The lowest BCUT2D eigenvalue weighted by Gasteiger charge is -2.14. The molecule has 0 saturated carbocycles. The van der Waals surface area contributed by atoms with Crippen molar-refractivity contribution in [2.24, 2.45) is 0 Å². The largest absolute Gasteiger partial charge is 0.506 e. The van der Waals surface area contributed by atoms with Crippen molar-refractivity contribution in [3.8, 4) is 5.75 Å². The minimum Gasteiger partial charge on any atom is -0.506 e. The third kappa shape index (κ3) is 2.48. The Kier molecular flexibility index (Phi) is 3.96. The van der Waals surface area contributed by atoms with Gasteiger partial charge in [0.05, 0.1) is 18.8 Å². The van der Waals surface area contributed by atoms with E-state index in [9.17, 15) is 14.7 Å². The summed E-state index contributed by atoms with van der Waals surface area (Å²) in [6.07, 6.45) is 1.13. The second-order valence-electron chi connectivity index (χ2n) is 4.29. The number of rotatable bonds is 4. The van der Waals surface area contributed by atoms with Crippen molar-refractivity contribution >= 4 is 29.1 Å². The standard InChI is InChI=1S/C13H13ClN2O4/c1-7-2-3-8(11(14)12(7)19)15-9-6-10(18)16(4-5-17)13(9)20/h2-3,6,15,17,19H,4-5H2,1H3. The minimum atomic E-state index is -0.541. The third-order valence-corrected chi connectivity index (χ3v) is 3.30. The predicted molar refractivity (Wildman–Crippen MR) is 73.4 cm³/mol. The lowest BCUT2D eigenvalue weighted by Crippen LogP contribution is -2.34. The lowest BCUT2D eigenvalue weighted by molar-refractivity contribution is -0.137. The number of carbonyl (C=O) groups excluding carboxylic acids is 2. The number of hydrogen-bond acceptors (Lipinski definition) is 5. The molecule has 2 amide bonds. The Morgan fingerprint density at radius 2 is 2.05 bits per heavy atom. The molecule has 0 aromatic heterocycles. The first-order valence-corrected chi connectivity index (χ1v) is 6.27. The van der Waals surface area contributed by atoms with E-state index in [4.69, 9.17) is 16.7 Å². The number of benzene rings is 1. The molecule has 0 radical (unpaired) electrons. The molecular weight excluding hydrogens is 284 g/mol. The van der Waals surface area contributed by atoms with E-state index in [1.165, 1.54) is 0 Å². The summed E-state index contributed by atoms with van der Waals surface area (Å²) in [5.74, 6) is -1.12. The second-order valence-corrected chi connectivity index (χ2v) is 4.67. The van der Waals surface area contributed by atoms with Gasteiger partial charge in [-0.1, -0.05) is 17.7 Å². The monoisotopic (exact) mass is 296 g/mol. The SMILES string of the molecule is Cc1ccc(NC2=CC(=O)N(CCO)C2=O)c(Cl)c1O. The molecule has 0 unspecified atom stereocenters. The van der Waals surface area contributed by atoms with Gasteiger partial charge in [-0.2, -0.15) is 0 Å². The molecule has 2 rings (SSSR count). The van der Waals surface area contributed by atoms with Gasteiger partial charge in [-0.05, 0) is 18.6 Å². The molecule has 3 N–H and O–H groups in total. The van der Waals surface area contributed by atoms with Gasteiger partial charge in [0.15, 0.2) is 0 Å². The Hall–Kier alpha value is -2.05. The topological polar surface area (TPSA) is 89.9 Å². The summed E-state index contributed by atoms with van der Waals surface area (Å²) >= 11 is 5.97. The van der Waals surface area contributed by atoms with E-state index in [0.29, 0.717) is 11.3 Å². The molecule has 106 valence electrons. The van der Waals surface area contributed by atoms with Gasteiger partial charge in [0.2, 0.25) is 0 Å². The van der Waals surface area contributed by atoms with Crippen LogP contribution in [0.3, 0.4) is 0 Å². The first kappa shape index (κ1) is 14.4. The van der Waals surface area contributed by atoms with Crippen LogP contribution in [0, 0.1) is 6.92 Å². The maximum absolute atomic E-state index is 11.9. The van der Waals surface area contributed by atoms with E-state index in [0.717, 1.165) is 11.0 Å². The third-order valence-electron chi connectivity index (χ3n) is 2.92. The van der Waals surface area contributed by atoms with Crippen LogP contribution < -0.4 is 5.32 Å². The number of nitrogens with one attached hydrogen (secondary N) is 1. The number of aliphatic hydroxyl groups excluding tert-OH is 1. The van der Waals surface area contributed by atoms with Gasteiger partial charge in [0.1, 0.15) is 16.5 Å². The van der Waals surface area contributed by atoms with Crippen LogP contribution in [-0.4, -0.2) is 40.1 Å². The van der Waals surface area contributed by atoms with E-state index in [2.05, 4.69) is 5.32 Å². The molecule has 1 aliphatic rings. The number of hydrogen-bond donors (Lipinski definition) is 3. The fourth-order valence-corrected chi connectivity index (χ4v) is 2.07. The first-order valence-electron chi connectivity index (χ1n) is 5.89. The first-order chi connectivity index (χ1) is 9.45. The highest BCUT2D eigenvalue weighted by atomic mass is 35.5. The molecule has 0 bridgehead atoms. The molecular formula is C13H13ClN2O4. The van der Waals surface area contributed by atoms with Gasteiger partial charge in [0, 0.05) is 6.08 Å². The van der Waals surface area contributed by atoms with Crippen LogP contribution >= 0.6 is 11.6 Å². The second kappa shape index (κ2) is 5.52. The van der Waals surface area contributed by atoms with Gasteiger partial charge in [0.25, 0.3) is 11.8 Å². The number of aliphatic hydroxyl groups is 1. The number of imide groups is 1. The number of phenols is 1. The Balaban J connectivity index is 2.24. The van der Waals surface area contributed by atoms with Crippen molar-refractivity contribution in [1.29, 1.82) is 0 Å². The van der Waals surface area contributed by atoms with Crippen molar-refractivity contribution < 1.29 is 19.8 Å². The predicted octanol–water partition coefficient (Wildman–Crippen LogP) is 1.01. The van der Waals surface area contributed by atoms with Gasteiger partial charge in [-0.3, -0.25) is 14.5 Å². The number of aromatic hydroxyl groups is 1. The Labute approximate surface area is 120 Å². The fourth-order valence-electron chi connectivity index (χ4n) is 1.81. The molecule has 1 heterocycles.